The molecule has 5 heteroatoms. The van der Waals surface area contributed by atoms with Gasteiger partial charge in [-0.15, -0.1) is 0 Å². The Morgan fingerprint density at radius 3 is 2.11 bits per heavy atom. The van der Waals surface area contributed by atoms with Gasteiger partial charge >= 0.3 is 0 Å². The van der Waals surface area contributed by atoms with Gasteiger partial charge in [-0.1, -0.05) is 0 Å². The molecule has 0 amide bonds. The molecule has 0 aromatic rings. The highest BCUT2D eigenvalue weighted by molar-refractivity contribution is 4.91. The average molecular weight is 260 g/mol. The van der Waals surface area contributed by atoms with E-state index >= 15 is 0 Å². The lowest BCUT2D eigenvalue weighted by Crippen LogP contribution is -2.45. The molecule has 2 rings (SSSR count). The van der Waals surface area contributed by atoms with Crippen LogP contribution in [0.15, 0.2) is 0 Å². The monoisotopic (exact) mass is 260 g/mol. The minimum atomic E-state index is -0.574. The lowest BCUT2D eigenvalue weighted by Gasteiger charge is -2.29. The zero-order valence-corrected chi connectivity index (χ0v) is 12.1. The molecule has 0 aliphatic carbocycles. The molecule has 0 N–H and O–H groups in total. The first-order valence-corrected chi connectivity index (χ1v) is 6.44. The van der Waals surface area contributed by atoms with E-state index in [-0.39, 0.29) is 24.4 Å². The van der Waals surface area contributed by atoms with Gasteiger partial charge in [-0.3, -0.25) is 0 Å². The average Bonchev–Trinajstić information content (AvgIpc) is 2.69. The first kappa shape index (κ1) is 14.2. The van der Waals surface area contributed by atoms with Gasteiger partial charge in [0.2, 0.25) is 0 Å². The SMILES string of the molecule is CO[C@@H]([C@@H]1OC(C)(C)O[C@H]1C)[C@H]1COC(C)(C)O1. The van der Waals surface area contributed by atoms with E-state index in [1.54, 1.807) is 7.11 Å². The van der Waals surface area contributed by atoms with Gasteiger partial charge in [-0.05, 0) is 34.6 Å². The van der Waals surface area contributed by atoms with Crippen LogP contribution in [0.5, 0.6) is 0 Å². The van der Waals surface area contributed by atoms with Crippen molar-refractivity contribution in [2.24, 2.45) is 0 Å². The Kier molecular flexibility index (Phi) is 3.73. The minimum Gasteiger partial charge on any atom is -0.376 e. The van der Waals surface area contributed by atoms with Gasteiger partial charge in [0, 0.05) is 7.11 Å². The van der Waals surface area contributed by atoms with Crippen LogP contribution in [0.3, 0.4) is 0 Å². The zero-order valence-electron chi connectivity index (χ0n) is 12.1. The molecule has 0 radical (unpaired) electrons. The van der Waals surface area contributed by atoms with E-state index in [1.807, 2.05) is 34.6 Å². The summed E-state index contributed by atoms with van der Waals surface area (Å²) in [5, 5.41) is 0. The van der Waals surface area contributed by atoms with E-state index < -0.39 is 11.6 Å². The van der Waals surface area contributed by atoms with E-state index in [0.29, 0.717) is 6.61 Å². The molecule has 0 aromatic carbocycles. The number of rotatable bonds is 3. The van der Waals surface area contributed by atoms with Crippen molar-refractivity contribution in [1.82, 2.24) is 0 Å². The Morgan fingerprint density at radius 2 is 1.72 bits per heavy atom. The van der Waals surface area contributed by atoms with Crippen LogP contribution in [0.4, 0.5) is 0 Å². The Hall–Kier alpha value is -0.200. The lowest BCUT2D eigenvalue weighted by molar-refractivity contribution is -0.183. The molecule has 0 unspecified atom stereocenters. The van der Waals surface area contributed by atoms with E-state index in [2.05, 4.69) is 0 Å². The van der Waals surface area contributed by atoms with Gasteiger partial charge in [0.25, 0.3) is 0 Å². The fourth-order valence-corrected chi connectivity index (χ4v) is 2.68. The highest BCUT2D eigenvalue weighted by Gasteiger charge is 2.49. The fourth-order valence-electron chi connectivity index (χ4n) is 2.68. The van der Waals surface area contributed by atoms with Crippen LogP contribution in [-0.4, -0.2) is 49.7 Å². The van der Waals surface area contributed by atoms with Crippen LogP contribution in [0.1, 0.15) is 34.6 Å². The van der Waals surface area contributed by atoms with Crippen LogP contribution in [0.2, 0.25) is 0 Å². The smallest absolute Gasteiger partial charge is 0.163 e. The van der Waals surface area contributed by atoms with Crippen LogP contribution >= 0.6 is 0 Å². The maximum atomic E-state index is 5.91. The number of hydrogen-bond acceptors (Lipinski definition) is 5. The summed E-state index contributed by atoms with van der Waals surface area (Å²) in [5.41, 5.74) is 0. The largest absolute Gasteiger partial charge is 0.376 e. The van der Waals surface area contributed by atoms with Crippen molar-refractivity contribution in [3.05, 3.63) is 0 Å². The Morgan fingerprint density at radius 1 is 1.06 bits per heavy atom. The molecule has 2 aliphatic heterocycles. The molecule has 2 saturated heterocycles. The lowest BCUT2D eigenvalue weighted by atomic mass is 10.0. The highest BCUT2D eigenvalue weighted by atomic mass is 16.8. The zero-order chi connectivity index (χ0) is 13.6. The summed E-state index contributed by atoms with van der Waals surface area (Å²) in [6.45, 7) is 10.1. The van der Waals surface area contributed by atoms with E-state index in [0.717, 1.165) is 0 Å². The molecule has 0 bridgehead atoms. The molecular weight excluding hydrogens is 236 g/mol. The summed E-state index contributed by atoms with van der Waals surface area (Å²) < 4.78 is 28.7. The molecule has 2 aliphatic rings. The normalized spacial score (nSPS) is 40.0. The summed E-state index contributed by atoms with van der Waals surface area (Å²) >= 11 is 0. The van der Waals surface area contributed by atoms with Crippen molar-refractivity contribution < 1.29 is 23.7 Å². The van der Waals surface area contributed by atoms with Crippen molar-refractivity contribution in [3.63, 3.8) is 0 Å². The first-order valence-electron chi connectivity index (χ1n) is 6.44. The molecule has 4 atom stereocenters. The molecule has 18 heavy (non-hydrogen) atoms. The predicted octanol–water partition coefficient (Wildman–Crippen LogP) is 1.69. The summed E-state index contributed by atoms with van der Waals surface area (Å²) in [7, 11) is 1.67. The molecule has 0 aromatic heterocycles. The van der Waals surface area contributed by atoms with Gasteiger partial charge in [0.15, 0.2) is 11.6 Å². The van der Waals surface area contributed by atoms with Crippen LogP contribution < -0.4 is 0 Å². The van der Waals surface area contributed by atoms with Crippen LogP contribution in [0, 0.1) is 0 Å². The third-order valence-electron chi connectivity index (χ3n) is 3.35. The van der Waals surface area contributed by atoms with E-state index in [9.17, 15) is 0 Å². The molecule has 2 fully saturated rings. The Labute approximate surface area is 109 Å². The maximum absolute atomic E-state index is 5.91. The van der Waals surface area contributed by atoms with Crippen LogP contribution in [0.25, 0.3) is 0 Å². The molecule has 5 nitrogen and oxygen atoms in total. The molecule has 2 heterocycles. The van der Waals surface area contributed by atoms with Crippen molar-refractivity contribution in [3.8, 4) is 0 Å². The van der Waals surface area contributed by atoms with E-state index in [1.165, 1.54) is 0 Å². The highest BCUT2D eigenvalue weighted by Crippen LogP contribution is 2.34. The third-order valence-corrected chi connectivity index (χ3v) is 3.35. The molecule has 0 spiro atoms. The van der Waals surface area contributed by atoms with Crippen molar-refractivity contribution in [1.29, 1.82) is 0 Å². The summed E-state index contributed by atoms with van der Waals surface area (Å²) in [4.78, 5) is 0. The maximum Gasteiger partial charge on any atom is 0.163 e. The molecule has 0 saturated carbocycles. The Bertz CT molecular complexity index is 302. The first-order chi connectivity index (χ1) is 8.24. The van der Waals surface area contributed by atoms with Gasteiger partial charge in [-0.2, -0.15) is 0 Å². The van der Waals surface area contributed by atoms with Crippen LogP contribution in [-0.2, 0) is 23.7 Å². The quantitative estimate of drug-likeness (QED) is 0.773. The number of hydrogen-bond donors (Lipinski definition) is 0. The van der Waals surface area contributed by atoms with Gasteiger partial charge < -0.3 is 23.7 Å². The molecule has 106 valence electrons. The number of ether oxygens (including phenoxy) is 5. The second kappa shape index (κ2) is 4.72. The second-order valence-corrected chi connectivity index (χ2v) is 5.87. The standard InChI is InChI=1S/C13H24O5/c1-8-10(18-13(4,5)16-8)11(14-6)9-7-15-12(2,3)17-9/h8-11H,7H2,1-6H3/t8-,9+,10+,11+/m0/s1. The van der Waals surface area contributed by atoms with Gasteiger partial charge in [-0.25, -0.2) is 0 Å². The summed E-state index contributed by atoms with van der Waals surface area (Å²) in [6.07, 6.45) is -0.497. The van der Waals surface area contributed by atoms with E-state index in [4.69, 9.17) is 23.7 Å². The Balaban J connectivity index is 2.06. The second-order valence-electron chi connectivity index (χ2n) is 5.87. The topological polar surface area (TPSA) is 46.2 Å². The fraction of sp³-hybridized carbons (Fsp3) is 1.00. The predicted molar refractivity (Wildman–Crippen MR) is 65.2 cm³/mol. The van der Waals surface area contributed by atoms with Crippen molar-refractivity contribution in [2.75, 3.05) is 13.7 Å². The number of methoxy groups -OCH3 is 1. The minimum absolute atomic E-state index is 0.0303. The molecular formula is C13H24O5. The summed E-state index contributed by atoms with van der Waals surface area (Å²) in [5.74, 6) is -1.13. The summed E-state index contributed by atoms with van der Waals surface area (Å²) in [6, 6.07) is 0. The van der Waals surface area contributed by atoms with Crippen molar-refractivity contribution >= 4 is 0 Å². The van der Waals surface area contributed by atoms with Crippen molar-refractivity contribution in [2.45, 2.75) is 70.6 Å². The van der Waals surface area contributed by atoms with Gasteiger partial charge in [0.05, 0.1) is 12.7 Å². The third kappa shape index (κ3) is 2.86. The van der Waals surface area contributed by atoms with Gasteiger partial charge in [0.1, 0.15) is 18.3 Å².